The van der Waals surface area contributed by atoms with Crippen molar-refractivity contribution in [3.8, 4) is 0 Å². The number of hydrogen-bond donors (Lipinski definition) is 0. The van der Waals surface area contributed by atoms with Crippen LogP contribution < -0.4 is 0 Å². The van der Waals surface area contributed by atoms with Gasteiger partial charge < -0.3 is 0 Å². The van der Waals surface area contributed by atoms with E-state index in [0.717, 1.165) is 0 Å². The maximum absolute atomic E-state index is 10.7. The third kappa shape index (κ3) is 4.19. The minimum absolute atomic E-state index is 0. The van der Waals surface area contributed by atoms with Gasteiger partial charge >= 0.3 is 35.4 Å². The van der Waals surface area contributed by atoms with Crippen molar-refractivity contribution in [1.29, 1.82) is 0 Å². The van der Waals surface area contributed by atoms with Crippen molar-refractivity contribution in [3.63, 3.8) is 0 Å². The molecule has 0 aliphatic carbocycles. The summed E-state index contributed by atoms with van der Waals surface area (Å²) in [6.07, 6.45) is -3.37. The lowest BCUT2D eigenvalue weighted by Crippen LogP contribution is -2.08. The average Bonchev–Trinajstić information content (AvgIpc) is 1.65. The van der Waals surface area contributed by atoms with Gasteiger partial charge in [0, 0.05) is 4.53 Å². The van der Waals surface area contributed by atoms with Crippen LogP contribution >= 0.6 is 0 Å². The summed E-state index contributed by atoms with van der Waals surface area (Å²) in [6, 6.07) is 0. The monoisotopic (exact) mass is 140 g/mol. The average molecular weight is 140 g/mol. The molecule has 0 fully saturated rings. The molecule has 0 saturated carbocycles. The van der Waals surface area contributed by atoms with Gasteiger partial charge in [0.15, 0.2) is 0 Å². The van der Waals surface area contributed by atoms with Crippen LogP contribution in [-0.2, 0) is 9.74 Å². The molecule has 0 rings (SSSR count). The third-order valence-corrected chi connectivity index (χ3v) is 0.254. The van der Waals surface area contributed by atoms with Crippen molar-refractivity contribution in [2.24, 2.45) is 0 Å². The third-order valence-electron chi connectivity index (χ3n) is 0.254. The van der Waals surface area contributed by atoms with Gasteiger partial charge in [-0.1, -0.05) is 0 Å². The molecule has 6 heteroatoms. The van der Waals surface area contributed by atoms with E-state index in [1.165, 1.54) is 0 Å². The second-order valence-electron chi connectivity index (χ2n) is 0.697. The molecule has 46 valence electrons. The second-order valence-corrected chi connectivity index (χ2v) is 0.697. The molecule has 2 nitrogen and oxygen atoms in total. The zero-order valence-corrected chi connectivity index (χ0v) is 3.03. The fraction of sp³-hybridized carbons (Fsp3) is 0.500. The summed E-state index contributed by atoms with van der Waals surface area (Å²) in [7, 11) is 0. The minimum atomic E-state index is -3.37. The SMILES string of the molecule is O=C(OF)C(F)F.[MgH2]. The first kappa shape index (κ1) is 10.9. The van der Waals surface area contributed by atoms with Crippen LogP contribution in [0.25, 0.3) is 0 Å². The predicted molar refractivity (Wildman–Crippen MR) is 21.7 cm³/mol. The van der Waals surface area contributed by atoms with Crippen molar-refractivity contribution in [2.45, 2.75) is 6.43 Å². The van der Waals surface area contributed by atoms with Gasteiger partial charge in [0.2, 0.25) is 0 Å². The quantitative estimate of drug-likeness (QED) is 0.470. The normalized spacial score (nSPS) is 8.00. The van der Waals surface area contributed by atoms with Crippen molar-refractivity contribution in [3.05, 3.63) is 0 Å². The van der Waals surface area contributed by atoms with E-state index in [1.54, 1.807) is 0 Å². The minimum Gasteiger partial charge on any atom is -0.248 e. The van der Waals surface area contributed by atoms with Crippen LogP contribution in [0, 0.1) is 0 Å². The molecule has 0 spiro atoms. The highest BCUT2D eigenvalue weighted by Crippen LogP contribution is 1.94. The first-order valence-electron chi connectivity index (χ1n) is 1.29. The molecule has 8 heavy (non-hydrogen) atoms. The molecule has 0 heterocycles. The molecule has 0 radical (unpaired) electrons. The van der Waals surface area contributed by atoms with Crippen LogP contribution in [-0.4, -0.2) is 35.4 Å². The molecule has 0 unspecified atom stereocenters. The summed E-state index contributed by atoms with van der Waals surface area (Å²) < 4.78 is 31.7. The number of carbonyl (C=O) groups excluding carboxylic acids is 1. The highest BCUT2D eigenvalue weighted by molar-refractivity contribution is 5.75. The summed E-state index contributed by atoms with van der Waals surface area (Å²) in [5.41, 5.74) is 0. The molecule has 0 aromatic heterocycles. The van der Waals surface area contributed by atoms with Gasteiger partial charge in [-0.3, -0.25) is 0 Å². The molecule has 0 bridgehead atoms. The number of alkyl halides is 2. The van der Waals surface area contributed by atoms with Crippen molar-refractivity contribution < 1.29 is 23.0 Å². The van der Waals surface area contributed by atoms with E-state index < -0.39 is 12.4 Å². The standard InChI is InChI=1S/C2HF3O2.Mg.2H/c3-1(4)2(6)7-5;;;/h1H;;;. The Bertz CT molecular complexity index is 75.7. The largest absolute Gasteiger partial charge is 0.414 e. The second kappa shape index (κ2) is 5.17. The Hall–Kier alpha value is 0.0262. The highest BCUT2D eigenvalue weighted by atomic mass is 24.3. The van der Waals surface area contributed by atoms with E-state index in [-0.39, 0.29) is 23.1 Å². The van der Waals surface area contributed by atoms with Gasteiger partial charge in [0.1, 0.15) is 0 Å². The van der Waals surface area contributed by atoms with E-state index in [9.17, 15) is 13.3 Å². The van der Waals surface area contributed by atoms with Crippen LogP contribution in [0.15, 0.2) is 0 Å². The Morgan fingerprint density at radius 3 is 1.88 bits per heavy atom. The summed E-state index contributed by atoms with van der Waals surface area (Å²) in [6.45, 7) is 0. The Morgan fingerprint density at radius 1 is 1.50 bits per heavy atom. The molecule has 0 aliphatic heterocycles. The maximum atomic E-state index is 10.7. The van der Waals surface area contributed by atoms with Gasteiger partial charge in [0.25, 0.3) is 0 Å². The van der Waals surface area contributed by atoms with Gasteiger partial charge in [0.05, 0.1) is 0 Å². The summed E-state index contributed by atoms with van der Waals surface area (Å²) in [5, 5.41) is 0. The van der Waals surface area contributed by atoms with Crippen molar-refractivity contribution >= 4 is 29.0 Å². The van der Waals surface area contributed by atoms with Crippen LogP contribution in [0.3, 0.4) is 0 Å². The van der Waals surface area contributed by atoms with Crippen molar-refractivity contribution in [1.82, 2.24) is 0 Å². The number of carbonyl (C=O) groups is 1. The maximum Gasteiger partial charge on any atom is 0.414 e. The Kier molecular flexibility index (Phi) is 7.05. The molecule has 0 atom stereocenters. The van der Waals surface area contributed by atoms with Gasteiger partial charge in [-0.2, -0.15) is 8.78 Å². The number of halogens is 3. The summed E-state index contributed by atoms with van der Waals surface area (Å²) in [5.74, 6) is -2.15. The molecular weight excluding hydrogens is 137 g/mol. The van der Waals surface area contributed by atoms with E-state index in [0.29, 0.717) is 0 Å². The predicted octanol–water partition coefficient (Wildman–Crippen LogP) is -0.237. The number of rotatable bonds is 1. The Morgan fingerprint density at radius 2 is 1.88 bits per heavy atom. The van der Waals surface area contributed by atoms with E-state index >= 15 is 0 Å². The Balaban J connectivity index is 0. The highest BCUT2D eigenvalue weighted by Gasteiger charge is 2.16. The smallest absolute Gasteiger partial charge is 0.248 e. The fourth-order valence-corrected chi connectivity index (χ4v) is 0.0337. The van der Waals surface area contributed by atoms with Gasteiger partial charge in [-0.25, -0.2) is 9.74 Å². The van der Waals surface area contributed by atoms with Gasteiger partial charge in [-0.15, -0.1) is 0 Å². The van der Waals surface area contributed by atoms with Crippen LogP contribution in [0.5, 0.6) is 0 Å². The zero-order chi connectivity index (χ0) is 5.86. The molecule has 0 saturated heterocycles. The lowest BCUT2D eigenvalue weighted by Gasteiger charge is -1.85. The molecule has 0 aromatic rings. The molecule has 0 aliphatic rings. The summed E-state index contributed by atoms with van der Waals surface area (Å²) >= 11 is 0. The molecule has 0 aromatic carbocycles. The molecule has 0 N–H and O–H groups in total. The van der Waals surface area contributed by atoms with Crippen LogP contribution in [0.1, 0.15) is 0 Å². The Labute approximate surface area is 59.0 Å². The number of hydrogen-bond acceptors (Lipinski definition) is 2. The fourth-order valence-electron chi connectivity index (χ4n) is 0.0337. The zero-order valence-electron chi connectivity index (χ0n) is 3.03. The topological polar surface area (TPSA) is 26.3 Å². The van der Waals surface area contributed by atoms with E-state index in [2.05, 4.69) is 4.94 Å². The van der Waals surface area contributed by atoms with Crippen molar-refractivity contribution in [2.75, 3.05) is 0 Å². The van der Waals surface area contributed by atoms with Crippen LogP contribution in [0.2, 0.25) is 0 Å². The van der Waals surface area contributed by atoms with Gasteiger partial charge in [-0.05, 0) is 0 Å². The van der Waals surface area contributed by atoms with E-state index in [1.807, 2.05) is 0 Å². The van der Waals surface area contributed by atoms with Crippen LogP contribution in [0.4, 0.5) is 13.3 Å². The summed E-state index contributed by atoms with van der Waals surface area (Å²) in [4.78, 5) is 11.3. The molecular formula is C2H3F3MgO2. The van der Waals surface area contributed by atoms with E-state index in [4.69, 9.17) is 4.79 Å². The first-order chi connectivity index (χ1) is 3.18. The first-order valence-corrected chi connectivity index (χ1v) is 1.29. The lowest BCUT2D eigenvalue weighted by molar-refractivity contribution is -0.196. The lowest BCUT2D eigenvalue weighted by atomic mass is 10.7. The molecule has 0 amide bonds.